The zero-order chi connectivity index (χ0) is 23.9. The van der Waals surface area contributed by atoms with Gasteiger partial charge >= 0.3 is 23.9 Å². The number of urea groups is 1. The summed E-state index contributed by atoms with van der Waals surface area (Å²) in [6.07, 6.45) is -9.13. The molecule has 4 atom stereocenters. The molecule has 0 spiro atoms. The summed E-state index contributed by atoms with van der Waals surface area (Å²) in [5, 5.41) is 77.3. The van der Waals surface area contributed by atoms with E-state index in [1.165, 1.54) is 0 Å². The van der Waals surface area contributed by atoms with Gasteiger partial charge in [-0.05, 0) is 0 Å². The first kappa shape index (κ1) is 30.8. The number of hydrogen-bond acceptors (Lipinski definition) is 11. The van der Waals surface area contributed by atoms with Crippen molar-refractivity contribution in [3.05, 3.63) is 0 Å². The number of amides is 2. The third-order valence-corrected chi connectivity index (χ3v) is 2.71. The van der Waals surface area contributed by atoms with Gasteiger partial charge in [0.15, 0.2) is 11.9 Å². The summed E-state index contributed by atoms with van der Waals surface area (Å²) in [6.45, 7) is -0.760. The van der Waals surface area contributed by atoms with Gasteiger partial charge in [-0.25, -0.2) is 9.59 Å². The van der Waals surface area contributed by atoms with E-state index in [9.17, 15) is 19.2 Å². The molecule has 0 unspecified atom stereocenters. The lowest BCUT2D eigenvalue weighted by molar-refractivity contribution is -0.170. The monoisotopic (exact) mass is 432 g/mol. The molecule has 0 aromatic heterocycles. The Hall–Kier alpha value is -2.89. The molecule has 0 aliphatic carbocycles. The molecule has 0 aromatic carbocycles. The van der Waals surface area contributed by atoms with Crippen molar-refractivity contribution < 1.29 is 69.9 Å². The molecule has 0 radical (unpaired) electrons. The van der Waals surface area contributed by atoms with E-state index in [4.69, 9.17) is 50.8 Å². The lowest BCUT2D eigenvalue weighted by atomic mass is 9.96. The van der Waals surface area contributed by atoms with Crippen LogP contribution in [0.25, 0.3) is 0 Å². The predicted molar refractivity (Wildman–Crippen MR) is 88.0 cm³/mol. The first-order chi connectivity index (χ1) is 13.0. The quantitative estimate of drug-likeness (QED) is 0.143. The van der Waals surface area contributed by atoms with Gasteiger partial charge in [-0.3, -0.25) is 9.59 Å². The van der Waals surface area contributed by atoms with Gasteiger partial charge in [0.05, 0.1) is 19.4 Å². The van der Waals surface area contributed by atoms with E-state index in [0.717, 1.165) is 0 Å². The number of nitrogens with two attached hydrogens (primary N) is 2. The van der Waals surface area contributed by atoms with E-state index < -0.39 is 73.4 Å². The van der Waals surface area contributed by atoms with E-state index in [0.29, 0.717) is 0 Å². The summed E-state index contributed by atoms with van der Waals surface area (Å²) in [5.41, 5.74) is 5.76. The molecule has 0 bridgehead atoms. The maximum Gasteiger partial charge on any atom is 0.336 e. The number of aliphatic hydroxyl groups is 6. The van der Waals surface area contributed by atoms with E-state index in [1.807, 2.05) is 0 Å². The van der Waals surface area contributed by atoms with Gasteiger partial charge in [0.25, 0.3) is 0 Å². The molecule has 0 aliphatic heterocycles. The number of aliphatic carboxylic acids is 3. The van der Waals surface area contributed by atoms with Gasteiger partial charge in [0, 0.05) is 0 Å². The maximum absolute atomic E-state index is 10.3. The topological polar surface area (TPSA) is 319 Å². The Bertz CT molecular complexity index is 534. The summed E-state index contributed by atoms with van der Waals surface area (Å²) < 4.78 is 0. The van der Waals surface area contributed by atoms with Crippen molar-refractivity contribution in [2.45, 2.75) is 42.9 Å². The highest BCUT2D eigenvalue weighted by Crippen LogP contribution is 2.15. The van der Waals surface area contributed by atoms with Crippen LogP contribution in [0.2, 0.25) is 0 Å². The van der Waals surface area contributed by atoms with Crippen molar-refractivity contribution in [3.63, 3.8) is 0 Å². The first-order valence-corrected chi connectivity index (χ1v) is 7.28. The van der Waals surface area contributed by atoms with Crippen LogP contribution < -0.4 is 11.5 Å². The molecular weight excluding hydrogens is 408 g/mol. The number of carbonyl (C=O) groups excluding carboxylic acids is 2. The molecule has 16 heteroatoms. The van der Waals surface area contributed by atoms with E-state index in [1.54, 1.807) is 0 Å². The minimum absolute atomic E-state index is 0.0258. The second-order valence-corrected chi connectivity index (χ2v) is 5.24. The minimum Gasteiger partial charge on any atom is -0.481 e. The number of rotatable bonds is 10. The molecule has 13 N–H and O–H groups in total. The number of aldehydes is 1. The first-order valence-electron chi connectivity index (χ1n) is 7.28. The molecule has 16 nitrogen and oxygen atoms in total. The fourth-order valence-corrected chi connectivity index (χ4v) is 1.33. The summed E-state index contributed by atoms with van der Waals surface area (Å²) in [7, 11) is 0. The van der Waals surface area contributed by atoms with Gasteiger partial charge in [0.2, 0.25) is 0 Å². The molecule has 0 aromatic rings. The largest absolute Gasteiger partial charge is 0.481 e. The second kappa shape index (κ2) is 15.1. The lowest BCUT2D eigenvalue weighted by Crippen LogP contribution is -2.46. The van der Waals surface area contributed by atoms with Crippen molar-refractivity contribution in [2.75, 3.05) is 6.61 Å². The van der Waals surface area contributed by atoms with E-state index in [-0.39, 0.29) is 6.29 Å². The van der Waals surface area contributed by atoms with Crippen LogP contribution in [0.3, 0.4) is 0 Å². The number of aliphatic hydroxyl groups excluding tert-OH is 5. The van der Waals surface area contributed by atoms with Crippen LogP contribution in [0.5, 0.6) is 0 Å². The van der Waals surface area contributed by atoms with Crippen molar-refractivity contribution >= 4 is 30.2 Å². The minimum atomic E-state index is -2.74. The molecule has 0 aliphatic rings. The summed E-state index contributed by atoms with van der Waals surface area (Å²) >= 11 is 0. The van der Waals surface area contributed by atoms with Crippen LogP contribution in [0.15, 0.2) is 0 Å². The van der Waals surface area contributed by atoms with Crippen molar-refractivity contribution in [2.24, 2.45) is 11.5 Å². The van der Waals surface area contributed by atoms with Gasteiger partial charge in [0.1, 0.15) is 24.4 Å². The standard InChI is InChI=1S/C6H8O7.C6H12O6.CH4N2O/c7-3(8)1-6(13,5(11)12)2-4(9)10;7-1-3(9)5(11)6(12)4(10)2-8;2-1(3)4/h13H,1-2H2,(H,7,8)(H,9,10)(H,11,12);1,3-6,8-12H,2H2;(H4,2,3,4)/t;3-,4+,5+,6+;/m.0./s1. The molecule has 2 amide bonds. The highest BCUT2D eigenvalue weighted by molar-refractivity contribution is 5.88. The van der Waals surface area contributed by atoms with Crippen LogP contribution in [0.1, 0.15) is 12.8 Å². The number of carboxylic acids is 3. The average Bonchev–Trinajstić information content (AvgIpc) is 2.57. The van der Waals surface area contributed by atoms with E-state index >= 15 is 0 Å². The van der Waals surface area contributed by atoms with Crippen molar-refractivity contribution in [3.8, 4) is 0 Å². The van der Waals surface area contributed by atoms with Crippen LogP contribution >= 0.6 is 0 Å². The number of hydrogen-bond donors (Lipinski definition) is 11. The third kappa shape index (κ3) is 15.8. The molecule has 0 fully saturated rings. The number of primary amides is 2. The number of carboxylic acid groups (broad SMARTS) is 3. The Morgan fingerprint density at radius 2 is 1.21 bits per heavy atom. The Labute approximate surface area is 162 Å². The van der Waals surface area contributed by atoms with Crippen molar-refractivity contribution in [1.29, 1.82) is 0 Å². The Morgan fingerprint density at radius 1 is 0.862 bits per heavy atom. The highest BCUT2D eigenvalue weighted by atomic mass is 16.4. The summed E-state index contributed by atoms with van der Waals surface area (Å²) in [4.78, 5) is 49.4. The zero-order valence-electron chi connectivity index (χ0n) is 14.7. The molecule has 0 saturated heterocycles. The summed E-state index contributed by atoms with van der Waals surface area (Å²) in [5.74, 6) is -5.02. The number of carbonyl (C=O) groups is 5. The predicted octanol–water partition coefficient (Wildman–Crippen LogP) is -5.60. The Balaban J connectivity index is -0.000000394. The zero-order valence-corrected chi connectivity index (χ0v) is 14.7. The van der Waals surface area contributed by atoms with Crippen LogP contribution in [-0.2, 0) is 19.2 Å². The maximum atomic E-state index is 10.3. The van der Waals surface area contributed by atoms with Crippen LogP contribution in [0, 0.1) is 0 Å². The molecule has 0 rings (SSSR count). The normalized spacial score (nSPS) is 14.4. The van der Waals surface area contributed by atoms with Gasteiger partial charge in [-0.1, -0.05) is 0 Å². The molecule has 0 saturated carbocycles. The molecule has 29 heavy (non-hydrogen) atoms. The Morgan fingerprint density at radius 3 is 1.41 bits per heavy atom. The van der Waals surface area contributed by atoms with Gasteiger partial charge in [-0.2, -0.15) is 0 Å². The summed E-state index contributed by atoms with van der Waals surface area (Å²) in [6, 6.07) is -0.833. The van der Waals surface area contributed by atoms with Crippen LogP contribution in [0.4, 0.5) is 4.79 Å². The molecule has 170 valence electrons. The SMILES string of the molecule is NC(N)=O.O=C(O)CC(O)(CC(=O)O)C(=O)O.O=C[C@H](O)[C@@H](O)[C@H](O)[C@H](O)CO. The highest BCUT2D eigenvalue weighted by Gasteiger charge is 2.40. The van der Waals surface area contributed by atoms with Gasteiger partial charge in [-0.15, -0.1) is 0 Å². The molecule has 0 heterocycles. The fraction of sp³-hybridized carbons (Fsp3) is 0.615. The Kier molecular flexibility index (Phi) is 16.0. The van der Waals surface area contributed by atoms with Crippen molar-refractivity contribution in [1.82, 2.24) is 0 Å². The molecular formula is C13H24N2O14. The van der Waals surface area contributed by atoms with Gasteiger partial charge < -0.3 is 62.2 Å². The fourth-order valence-electron chi connectivity index (χ4n) is 1.33. The third-order valence-electron chi connectivity index (χ3n) is 2.71. The average molecular weight is 432 g/mol. The second-order valence-electron chi connectivity index (χ2n) is 5.24. The lowest BCUT2D eigenvalue weighted by Gasteiger charge is -2.22. The van der Waals surface area contributed by atoms with Crippen LogP contribution in [-0.4, -0.2) is 113 Å². The smallest absolute Gasteiger partial charge is 0.336 e. The van der Waals surface area contributed by atoms with E-state index in [2.05, 4.69) is 11.5 Å².